The Morgan fingerprint density at radius 2 is 2.00 bits per heavy atom. The molecular weight excluding hydrogens is 344 g/mol. The number of carbonyl (C=O) groups excluding carboxylic acids is 2. The van der Waals surface area contributed by atoms with Crippen molar-refractivity contribution in [2.24, 2.45) is 0 Å². The molecule has 6 heteroatoms. The Balaban J connectivity index is 1.45. The van der Waals surface area contributed by atoms with Crippen LogP contribution >= 0.6 is 0 Å². The molecule has 1 N–H and O–H groups in total. The molecule has 2 aliphatic heterocycles. The van der Waals surface area contributed by atoms with Crippen molar-refractivity contribution in [2.45, 2.75) is 51.7 Å². The Kier molecular flexibility index (Phi) is 5.73. The fraction of sp³-hybridized carbons (Fsp3) is 0.524. The van der Waals surface area contributed by atoms with Gasteiger partial charge in [-0.3, -0.25) is 4.79 Å². The molecule has 2 heterocycles. The minimum atomic E-state index is -0.489. The average molecular weight is 372 g/mol. The summed E-state index contributed by atoms with van der Waals surface area (Å²) in [6.45, 7) is 7.49. The van der Waals surface area contributed by atoms with Crippen LogP contribution in [0.3, 0.4) is 0 Å². The first-order chi connectivity index (χ1) is 12.8. The summed E-state index contributed by atoms with van der Waals surface area (Å²) in [5, 5.41) is 3.02. The predicted octanol–water partition coefficient (Wildman–Crippen LogP) is 3.15. The van der Waals surface area contributed by atoms with Gasteiger partial charge in [0.15, 0.2) is 0 Å². The molecule has 27 heavy (non-hydrogen) atoms. The third-order valence-electron chi connectivity index (χ3n) is 4.63. The van der Waals surface area contributed by atoms with E-state index in [-0.39, 0.29) is 18.0 Å². The van der Waals surface area contributed by atoms with Gasteiger partial charge in [-0.05, 0) is 62.9 Å². The molecule has 0 aromatic heterocycles. The van der Waals surface area contributed by atoms with Gasteiger partial charge in [0.25, 0.3) is 0 Å². The highest BCUT2D eigenvalue weighted by atomic mass is 16.6. The topological polar surface area (TPSA) is 67.9 Å². The summed E-state index contributed by atoms with van der Waals surface area (Å²) < 4.78 is 10.9. The molecule has 3 rings (SSSR count). The smallest absolute Gasteiger partial charge is 0.410 e. The zero-order valence-corrected chi connectivity index (χ0v) is 16.3. The first-order valence-electron chi connectivity index (χ1n) is 9.52. The van der Waals surface area contributed by atoms with E-state index in [4.69, 9.17) is 9.47 Å². The summed E-state index contributed by atoms with van der Waals surface area (Å²) in [4.78, 5) is 26.0. The second kappa shape index (κ2) is 8.03. The minimum absolute atomic E-state index is 0.0780. The maximum absolute atomic E-state index is 12.2. The average Bonchev–Trinajstić information content (AvgIpc) is 3.07. The van der Waals surface area contributed by atoms with Crippen molar-refractivity contribution in [3.8, 4) is 5.75 Å². The number of amides is 2. The zero-order valence-electron chi connectivity index (χ0n) is 16.3. The molecule has 1 fully saturated rings. The van der Waals surface area contributed by atoms with Crippen LogP contribution in [0.5, 0.6) is 5.75 Å². The van der Waals surface area contributed by atoms with Crippen molar-refractivity contribution in [3.63, 3.8) is 0 Å². The lowest BCUT2D eigenvalue weighted by atomic mass is 10.1. The largest absolute Gasteiger partial charge is 0.493 e. The van der Waals surface area contributed by atoms with E-state index in [1.54, 1.807) is 11.0 Å². The lowest BCUT2D eigenvalue weighted by molar-refractivity contribution is -0.117. The summed E-state index contributed by atoms with van der Waals surface area (Å²) in [5.74, 6) is 0.829. The van der Waals surface area contributed by atoms with Crippen LogP contribution in [0.15, 0.2) is 24.3 Å². The molecule has 1 saturated heterocycles. The standard InChI is InChI=1S/C21H28N2O4/c1-21(2,3)27-20(25)23-11-8-17(9-12-23)22-19(24)7-5-15-4-6-18-16(14-15)10-13-26-18/h4-7,14,17H,8-13H2,1-3H3,(H,22,24)/b7-5+. The van der Waals surface area contributed by atoms with Crippen LogP contribution in [0.4, 0.5) is 4.79 Å². The maximum Gasteiger partial charge on any atom is 0.410 e. The summed E-state index contributed by atoms with van der Waals surface area (Å²) in [7, 11) is 0. The summed E-state index contributed by atoms with van der Waals surface area (Å²) >= 11 is 0. The van der Waals surface area contributed by atoms with Gasteiger partial charge in [0.05, 0.1) is 6.61 Å². The van der Waals surface area contributed by atoms with E-state index in [2.05, 4.69) is 11.4 Å². The second-order valence-corrected chi connectivity index (χ2v) is 8.05. The van der Waals surface area contributed by atoms with Gasteiger partial charge in [0.1, 0.15) is 11.4 Å². The van der Waals surface area contributed by atoms with Crippen LogP contribution in [0.2, 0.25) is 0 Å². The molecular formula is C21H28N2O4. The lowest BCUT2D eigenvalue weighted by Gasteiger charge is -2.33. The molecule has 0 bridgehead atoms. The molecule has 146 valence electrons. The van der Waals surface area contributed by atoms with E-state index in [1.807, 2.05) is 39.0 Å². The molecule has 6 nitrogen and oxygen atoms in total. The van der Waals surface area contributed by atoms with Gasteiger partial charge in [-0.2, -0.15) is 0 Å². The van der Waals surface area contributed by atoms with Crippen molar-refractivity contribution < 1.29 is 19.1 Å². The highest BCUT2D eigenvalue weighted by Gasteiger charge is 2.27. The van der Waals surface area contributed by atoms with Crippen LogP contribution < -0.4 is 10.1 Å². The third-order valence-corrected chi connectivity index (χ3v) is 4.63. The predicted molar refractivity (Wildman–Crippen MR) is 104 cm³/mol. The Bertz CT molecular complexity index is 728. The molecule has 0 radical (unpaired) electrons. The maximum atomic E-state index is 12.2. The highest BCUT2D eigenvalue weighted by molar-refractivity contribution is 5.92. The number of benzene rings is 1. The zero-order chi connectivity index (χ0) is 19.4. The third kappa shape index (κ3) is 5.49. The van der Waals surface area contributed by atoms with Gasteiger partial charge in [0.2, 0.25) is 5.91 Å². The molecule has 0 unspecified atom stereocenters. The summed E-state index contributed by atoms with van der Waals surface area (Å²) in [5.41, 5.74) is 1.69. The first-order valence-corrected chi connectivity index (χ1v) is 9.52. The van der Waals surface area contributed by atoms with Crippen molar-refractivity contribution in [1.82, 2.24) is 10.2 Å². The van der Waals surface area contributed by atoms with Gasteiger partial charge in [-0.15, -0.1) is 0 Å². The number of hydrogen-bond donors (Lipinski definition) is 1. The lowest BCUT2D eigenvalue weighted by Crippen LogP contribution is -2.47. The normalized spacial score (nSPS) is 17.5. The highest BCUT2D eigenvalue weighted by Crippen LogP contribution is 2.26. The number of piperidine rings is 1. The van der Waals surface area contributed by atoms with Gasteiger partial charge in [-0.25, -0.2) is 4.79 Å². The number of carbonyl (C=O) groups is 2. The summed E-state index contributed by atoms with van der Waals surface area (Å²) in [6, 6.07) is 6.04. The number of ether oxygens (including phenoxy) is 2. The van der Waals surface area contributed by atoms with Crippen molar-refractivity contribution >= 4 is 18.1 Å². The first kappa shape index (κ1) is 19.3. The fourth-order valence-corrected chi connectivity index (χ4v) is 3.26. The summed E-state index contributed by atoms with van der Waals surface area (Å²) in [6.07, 6.45) is 5.48. The molecule has 2 aliphatic rings. The Morgan fingerprint density at radius 3 is 2.70 bits per heavy atom. The van der Waals surface area contributed by atoms with Crippen LogP contribution in [0.1, 0.15) is 44.7 Å². The molecule has 2 amide bonds. The van der Waals surface area contributed by atoms with Crippen molar-refractivity contribution in [2.75, 3.05) is 19.7 Å². The molecule has 0 aliphatic carbocycles. The Labute approximate surface area is 160 Å². The number of nitrogens with zero attached hydrogens (tertiary/aromatic N) is 1. The van der Waals surface area contributed by atoms with E-state index in [0.29, 0.717) is 13.1 Å². The number of hydrogen-bond acceptors (Lipinski definition) is 4. The van der Waals surface area contributed by atoms with E-state index < -0.39 is 5.60 Å². The van der Waals surface area contributed by atoms with Crippen molar-refractivity contribution in [1.29, 1.82) is 0 Å². The fourth-order valence-electron chi connectivity index (χ4n) is 3.26. The Morgan fingerprint density at radius 1 is 1.26 bits per heavy atom. The van der Waals surface area contributed by atoms with Crippen LogP contribution in [-0.2, 0) is 16.0 Å². The minimum Gasteiger partial charge on any atom is -0.493 e. The SMILES string of the molecule is CC(C)(C)OC(=O)N1CCC(NC(=O)/C=C/c2ccc3c(c2)CCO3)CC1. The van der Waals surface area contributed by atoms with E-state index in [1.165, 1.54) is 5.56 Å². The van der Waals surface area contributed by atoms with Crippen LogP contribution in [0, 0.1) is 0 Å². The quantitative estimate of drug-likeness (QED) is 0.828. The second-order valence-electron chi connectivity index (χ2n) is 8.05. The van der Waals surface area contributed by atoms with Gasteiger partial charge in [0, 0.05) is 31.6 Å². The molecule has 0 saturated carbocycles. The number of nitrogens with one attached hydrogen (secondary N) is 1. The van der Waals surface area contributed by atoms with Crippen molar-refractivity contribution in [3.05, 3.63) is 35.4 Å². The van der Waals surface area contributed by atoms with Crippen LogP contribution in [0.25, 0.3) is 6.08 Å². The van der Waals surface area contributed by atoms with Crippen LogP contribution in [-0.4, -0.2) is 48.2 Å². The number of rotatable bonds is 3. The van der Waals surface area contributed by atoms with E-state index in [0.717, 1.165) is 37.2 Å². The van der Waals surface area contributed by atoms with Gasteiger partial charge >= 0.3 is 6.09 Å². The number of likely N-dealkylation sites (tertiary alicyclic amines) is 1. The Hall–Kier alpha value is -2.50. The molecule has 0 atom stereocenters. The molecule has 0 spiro atoms. The van der Waals surface area contributed by atoms with E-state index >= 15 is 0 Å². The monoisotopic (exact) mass is 372 g/mol. The van der Waals surface area contributed by atoms with Gasteiger partial charge in [-0.1, -0.05) is 6.07 Å². The molecule has 1 aromatic carbocycles. The van der Waals surface area contributed by atoms with E-state index in [9.17, 15) is 9.59 Å². The van der Waals surface area contributed by atoms with Gasteiger partial charge < -0.3 is 19.7 Å². The number of fused-ring (bicyclic) bond motifs is 1. The molecule has 1 aromatic rings.